The molecule has 1 aromatic heterocycles. The highest BCUT2D eigenvalue weighted by molar-refractivity contribution is 6.15. The molecule has 0 radical (unpaired) electrons. The number of ether oxygens (including phenoxy) is 3. The fourth-order valence-corrected chi connectivity index (χ4v) is 3.36. The second kappa shape index (κ2) is 4.11. The number of benzene rings is 1. The number of morpholine rings is 1. The maximum absolute atomic E-state index is 5.55. The van der Waals surface area contributed by atoms with E-state index in [2.05, 4.69) is 39.6 Å². The molecule has 0 aliphatic carbocycles. The van der Waals surface area contributed by atoms with Gasteiger partial charge >= 0.3 is 0 Å². The Morgan fingerprint density at radius 2 is 1.86 bits per heavy atom. The van der Waals surface area contributed by atoms with E-state index >= 15 is 0 Å². The summed E-state index contributed by atoms with van der Waals surface area (Å²) in [6.45, 7) is 3.72. The molecular weight excluding hydrogens is 268 g/mol. The Labute approximate surface area is 122 Å². The number of nitrogens with zero attached hydrogens (tertiary/aromatic N) is 2. The first kappa shape index (κ1) is 11.4. The fraction of sp³-hybridized carbons (Fsp3) is 0.312. The Morgan fingerprint density at radius 3 is 2.71 bits per heavy atom. The second-order valence-corrected chi connectivity index (χ2v) is 5.43. The molecule has 0 bridgehead atoms. The van der Waals surface area contributed by atoms with E-state index in [0.717, 1.165) is 37.8 Å². The normalized spacial score (nSPS) is 18.9. The van der Waals surface area contributed by atoms with Crippen LogP contribution in [0, 0.1) is 0 Å². The van der Waals surface area contributed by atoms with Crippen LogP contribution in [0.15, 0.2) is 30.5 Å². The van der Waals surface area contributed by atoms with Gasteiger partial charge in [-0.15, -0.1) is 0 Å². The Bertz CT molecular complexity index is 768. The molecule has 5 nitrogen and oxygen atoms in total. The molecule has 2 aromatic rings. The molecule has 5 rings (SSSR count). The molecule has 3 aliphatic heterocycles. The van der Waals surface area contributed by atoms with Crippen molar-refractivity contribution >= 4 is 5.71 Å². The fourth-order valence-electron chi connectivity index (χ4n) is 3.36. The molecule has 5 heteroatoms. The first-order chi connectivity index (χ1) is 10.4. The van der Waals surface area contributed by atoms with E-state index in [1.54, 1.807) is 0 Å². The van der Waals surface area contributed by atoms with Gasteiger partial charge in [0.15, 0.2) is 24.6 Å². The molecule has 3 aliphatic rings. The summed E-state index contributed by atoms with van der Waals surface area (Å²) in [5.41, 5.74) is 4.89. The van der Waals surface area contributed by atoms with Gasteiger partial charge in [-0.3, -0.25) is 0 Å². The van der Waals surface area contributed by atoms with Crippen molar-refractivity contribution in [3.63, 3.8) is 0 Å². The quantitative estimate of drug-likeness (QED) is 0.585. The molecule has 0 N–H and O–H groups in total. The summed E-state index contributed by atoms with van der Waals surface area (Å²) in [6.07, 6.45) is 2.10. The van der Waals surface area contributed by atoms with Crippen LogP contribution in [-0.4, -0.2) is 48.0 Å². The Hall–Kier alpha value is -2.27. The average molecular weight is 283 g/mol. The van der Waals surface area contributed by atoms with Crippen LogP contribution >= 0.6 is 0 Å². The SMILES string of the molecule is c1cc2n(c1)-c1cc3c(cc1C2=[N+]1CCOCC1)OCO3. The second-order valence-electron chi connectivity index (χ2n) is 5.43. The Morgan fingerprint density at radius 1 is 1.05 bits per heavy atom. The molecule has 21 heavy (non-hydrogen) atoms. The summed E-state index contributed by atoms with van der Waals surface area (Å²) in [5.74, 6) is 1.67. The van der Waals surface area contributed by atoms with Gasteiger partial charge in [0.2, 0.25) is 12.5 Å². The van der Waals surface area contributed by atoms with E-state index in [4.69, 9.17) is 14.2 Å². The summed E-state index contributed by atoms with van der Waals surface area (Å²) in [6, 6.07) is 8.44. The minimum absolute atomic E-state index is 0.309. The summed E-state index contributed by atoms with van der Waals surface area (Å²) in [7, 11) is 0. The van der Waals surface area contributed by atoms with Crippen LogP contribution in [0.5, 0.6) is 11.5 Å². The molecule has 1 aromatic carbocycles. The maximum Gasteiger partial charge on any atom is 0.233 e. The molecule has 1 fully saturated rings. The van der Waals surface area contributed by atoms with Gasteiger partial charge in [-0.1, -0.05) is 0 Å². The van der Waals surface area contributed by atoms with E-state index < -0.39 is 0 Å². The Kier molecular flexibility index (Phi) is 2.23. The molecule has 0 atom stereocenters. The monoisotopic (exact) mass is 283 g/mol. The highest BCUT2D eigenvalue weighted by Crippen LogP contribution is 2.40. The van der Waals surface area contributed by atoms with Crippen LogP contribution < -0.4 is 9.47 Å². The van der Waals surface area contributed by atoms with Crippen LogP contribution in [0.25, 0.3) is 5.69 Å². The van der Waals surface area contributed by atoms with Crippen LogP contribution in [0.2, 0.25) is 0 Å². The number of fused-ring (bicyclic) bond motifs is 4. The largest absolute Gasteiger partial charge is 0.454 e. The van der Waals surface area contributed by atoms with Crippen molar-refractivity contribution in [1.82, 2.24) is 4.57 Å². The highest BCUT2D eigenvalue weighted by atomic mass is 16.7. The minimum atomic E-state index is 0.309. The van der Waals surface area contributed by atoms with Crippen molar-refractivity contribution in [1.29, 1.82) is 0 Å². The van der Waals surface area contributed by atoms with Crippen molar-refractivity contribution in [3.8, 4) is 17.2 Å². The number of hydrogen-bond acceptors (Lipinski definition) is 3. The van der Waals surface area contributed by atoms with Crippen molar-refractivity contribution in [2.45, 2.75) is 0 Å². The topological polar surface area (TPSA) is 35.6 Å². The molecule has 0 unspecified atom stereocenters. The standard InChI is InChI=1S/C16H15N2O3/c1-2-12-16(17-4-6-19-7-5-17)11-8-14-15(21-10-20-14)9-13(11)18(12)3-1/h1-3,8-9H,4-7,10H2/q+1. The smallest absolute Gasteiger partial charge is 0.233 e. The predicted octanol–water partition coefficient (Wildman–Crippen LogP) is 1.40. The Balaban J connectivity index is 1.78. The summed E-state index contributed by atoms with van der Waals surface area (Å²) in [5, 5.41) is 0. The number of rotatable bonds is 0. The lowest BCUT2D eigenvalue weighted by molar-refractivity contribution is -0.548. The average Bonchev–Trinajstić information content (AvgIpc) is 3.21. The van der Waals surface area contributed by atoms with E-state index in [9.17, 15) is 0 Å². The molecule has 0 spiro atoms. The van der Waals surface area contributed by atoms with Gasteiger partial charge in [-0.2, -0.15) is 0 Å². The van der Waals surface area contributed by atoms with E-state index in [0.29, 0.717) is 6.79 Å². The lowest BCUT2D eigenvalue weighted by Crippen LogP contribution is -2.33. The van der Waals surface area contributed by atoms with Crippen molar-refractivity contribution < 1.29 is 18.8 Å². The lowest BCUT2D eigenvalue weighted by Gasteiger charge is -2.13. The lowest BCUT2D eigenvalue weighted by atomic mass is 10.1. The molecule has 0 amide bonds. The van der Waals surface area contributed by atoms with Gasteiger partial charge in [0.1, 0.15) is 18.9 Å². The van der Waals surface area contributed by atoms with Gasteiger partial charge in [0.25, 0.3) is 0 Å². The van der Waals surface area contributed by atoms with E-state index in [1.807, 2.05) is 0 Å². The van der Waals surface area contributed by atoms with Gasteiger partial charge in [0, 0.05) is 18.3 Å². The van der Waals surface area contributed by atoms with Gasteiger partial charge < -0.3 is 18.8 Å². The van der Waals surface area contributed by atoms with Crippen LogP contribution in [0.3, 0.4) is 0 Å². The molecule has 1 saturated heterocycles. The summed E-state index contributed by atoms with van der Waals surface area (Å²) in [4.78, 5) is 0. The number of hydrogen-bond donors (Lipinski definition) is 0. The summed E-state index contributed by atoms with van der Waals surface area (Å²) < 4.78 is 21.2. The van der Waals surface area contributed by atoms with E-state index in [-0.39, 0.29) is 0 Å². The zero-order valence-corrected chi connectivity index (χ0v) is 11.5. The first-order valence-electron chi connectivity index (χ1n) is 7.23. The van der Waals surface area contributed by atoms with E-state index in [1.165, 1.54) is 22.7 Å². The summed E-state index contributed by atoms with van der Waals surface area (Å²) >= 11 is 0. The molecule has 4 heterocycles. The van der Waals surface area contributed by atoms with Crippen LogP contribution in [0.1, 0.15) is 11.3 Å². The molecule has 106 valence electrons. The third-order valence-corrected chi connectivity index (χ3v) is 4.32. The van der Waals surface area contributed by atoms with Crippen molar-refractivity contribution in [2.24, 2.45) is 0 Å². The third-order valence-electron chi connectivity index (χ3n) is 4.32. The minimum Gasteiger partial charge on any atom is -0.454 e. The van der Waals surface area contributed by atoms with Crippen LogP contribution in [0.4, 0.5) is 0 Å². The zero-order valence-electron chi connectivity index (χ0n) is 11.5. The van der Waals surface area contributed by atoms with Crippen LogP contribution in [-0.2, 0) is 4.74 Å². The highest BCUT2D eigenvalue weighted by Gasteiger charge is 2.35. The third kappa shape index (κ3) is 1.52. The van der Waals surface area contributed by atoms with Gasteiger partial charge in [0.05, 0.1) is 11.3 Å². The predicted molar refractivity (Wildman–Crippen MR) is 75.9 cm³/mol. The first-order valence-corrected chi connectivity index (χ1v) is 7.23. The maximum atomic E-state index is 5.55. The van der Waals surface area contributed by atoms with Crippen molar-refractivity contribution in [3.05, 3.63) is 41.7 Å². The zero-order chi connectivity index (χ0) is 13.8. The van der Waals surface area contributed by atoms with Gasteiger partial charge in [-0.25, -0.2) is 4.58 Å². The molecular formula is C16H15N2O3+. The van der Waals surface area contributed by atoms with Crippen molar-refractivity contribution in [2.75, 3.05) is 33.1 Å². The van der Waals surface area contributed by atoms with Gasteiger partial charge in [-0.05, 0) is 12.1 Å². The number of aromatic nitrogens is 1. The molecule has 0 saturated carbocycles.